The van der Waals surface area contributed by atoms with Gasteiger partial charge in [0, 0.05) is 19.6 Å². The van der Waals surface area contributed by atoms with E-state index in [0.717, 1.165) is 4.90 Å². The molecule has 8 heteroatoms. The number of hydrogen-bond donors (Lipinski definition) is 0. The zero-order valence-electron chi connectivity index (χ0n) is 12.8. The van der Waals surface area contributed by atoms with E-state index in [1.807, 2.05) is 6.92 Å². The number of morpholine rings is 1. The Morgan fingerprint density at radius 1 is 1.17 bits per heavy atom. The van der Waals surface area contributed by atoms with Crippen molar-refractivity contribution in [3.63, 3.8) is 0 Å². The molecule has 0 bridgehead atoms. The van der Waals surface area contributed by atoms with Gasteiger partial charge in [0.15, 0.2) is 0 Å². The van der Waals surface area contributed by atoms with Gasteiger partial charge in [-0.15, -0.1) is 0 Å². The summed E-state index contributed by atoms with van der Waals surface area (Å²) in [6.45, 7) is 2.62. The van der Waals surface area contributed by atoms with Crippen LogP contribution in [0.4, 0.5) is 0 Å². The minimum Gasteiger partial charge on any atom is -0.376 e. The van der Waals surface area contributed by atoms with Gasteiger partial charge in [0.05, 0.1) is 29.6 Å². The number of hydrogen-bond acceptors (Lipinski definition) is 5. The Morgan fingerprint density at radius 3 is 2.35 bits per heavy atom. The number of amides is 2. The van der Waals surface area contributed by atoms with Crippen LogP contribution in [-0.4, -0.2) is 67.5 Å². The van der Waals surface area contributed by atoms with Gasteiger partial charge in [-0.25, -0.2) is 8.42 Å². The summed E-state index contributed by atoms with van der Waals surface area (Å²) < 4.78 is 31.5. The summed E-state index contributed by atoms with van der Waals surface area (Å²) in [4.78, 5) is 25.5. The summed E-state index contributed by atoms with van der Waals surface area (Å²) in [5.41, 5.74) is 0.657. The summed E-state index contributed by atoms with van der Waals surface area (Å²) in [6.07, 6.45) is -0.155. The lowest BCUT2D eigenvalue weighted by atomic mass is 10.1. The molecule has 1 aromatic rings. The van der Waals surface area contributed by atoms with Gasteiger partial charge in [-0.2, -0.15) is 4.31 Å². The number of benzene rings is 1. The zero-order chi connectivity index (χ0) is 16.6. The zero-order valence-corrected chi connectivity index (χ0v) is 13.6. The monoisotopic (exact) mass is 338 g/mol. The summed E-state index contributed by atoms with van der Waals surface area (Å²) in [6, 6.07) is 6.51. The average molecular weight is 338 g/mol. The first-order valence-corrected chi connectivity index (χ1v) is 9.06. The molecule has 7 nitrogen and oxygen atoms in total. The van der Waals surface area contributed by atoms with Crippen molar-refractivity contribution in [1.82, 2.24) is 9.21 Å². The molecule has 124 valence electrons. The highest BCUT2D eigenvalue weighted by molar-refractivity contribution is 7.89. The van der Waals surface area contributed by atoms with Crippen LogP contribution in [-0.2, 0) is 14.8 Å². The van der Waals surface area contributed by atoms with E-state index in [1.165, 1.54) is 4.31 Å². The van der Waals surface area contributed by atoms with Crippen LogP contribution in [0.15, 0.2) is 24.3 Å². The van der Waals surface area contributed by atoms with Gasteiger partial charge < -0.3 is 4.74 Å². The van der Waals surface area contributed by atoms with Gasteiger partial charge in [0.2, 0.25) is 10.0 Å². The van der Waals surface area contributed by atoms with Crippen molar-refractivity contribution < 1.29 is 22.7 Å². The molecule has 3 rings (SSSR count). The molecule has 1 unspecified atom stereocenters. The minimum atomic E-state index is -3.53. The molecule has 0 saturated carbocycles. The Bertz CT molecular complexity index is 711. The van der Waals surface area contributed by atoms with E-state index in [0.29, 0.717) is 30.8 Å². The summed E-state index contributed by atoms with van der Waals surface area (Å²) in [5, 5.41) is 0. The number of carbonyl (C=O) groups is 2. The largest absolute Gasteiger partial charge is 0.376 e. The van der Waals surface area contributed by atoms with E-state index in [4.69, 9.17) is 4.74 Å². The van der Waals surface area contributed by atoms with Crippen molar-refractivity contribution in [2.75, 3.05) is 32.0 Å². The Hall–Kier alpha value is -1.77. The molecule has 1 fully saturated rings. The summed E-state index contributed by atoms with van der Waals surface area (Å²) >= 11 is 0. The molecule has 2 aliphatic rings. The molecule has 2 heterocycles. The number of nitrogens with zero attached hydrogens (tertiary/aromatic N) is 2. The molecule has 0 spiro atoms. The predicted molar refractivity (Wildman–Crippen MR) is 82.6 cm³/mol. The Labute approximate surface area is 134 Å². The third kappa shape index (κ3) is 3.01. The van der Waals surface area contributed by atoms with Gasteiger partial charge >= 0.3 is 0 Å². The van der Waals surface area contributed by atoms with Crippen LogP contribution in [0.3, 0.4) is 0 Å². The lowest BCUT2D eigenvalue weighted by Gasteiger charge is -2.30. The van der Waals surface area contributed by atoms with Crippen LogP contribution in [0.2, 0.25) is 0 Å². The van der Waals surface area contributed by atoms with Gasteiger partial charge in [0.25, 0.3) is 11.8 Å². The van der Waals surface area contributed by atoms with Gasteiger partial charge in [-0.1, -0.05) is 12.1 Å². The maximum Gasteiger partial charge on any atom is 0.261 e. The quantitative estimate of drug-likeness (QED) is 0.739. The van der Waals surface area contributed by atoms with Crippen molar-refractivity contribution in [2.45, 2.75) is 13.0 Å². The van der Waals surface area contributed by atoms with Crippen molar-refractivity contribution >= 4 is 21.8 Å². The van der Waals surface area contributed by atoms with E-state index >= 15 is 0 Å². The second kappa shape index (κ2) is 6.03. The molecule has 1 saturated heterocycles. The van der Waals surface area contributed by atoms with E-state index < -0.39 is 21.8 Å². The Kier molecular flexibility index (Phi) is 4.22. The van der Waals surface area contributed by atoms with Crippen LogP contribution < -0.4 is 0 Å². The summed E-state index contributed by atoms with van der Waals surface area (Å²) in [7, 11) is -3.53. The number of ether oxygens (including phenoxy) is 1. The number of carbonyl (C=O) groups excluding carboxylic acids is 2. The number of fused-ring (bicyclic) bond motifs is 1. The molecule has 23 heavy (non-hydrogen) atoms. The van der Waals surface area contributed by atoms with Gasteiger partial charge in [0.1, 0.15) is 0 Å². The second-order valence-corrected chi connectivity index (χ2v) is 7.75. The molecule has 0 N–H and O–H groups in total. The Morgan fingerprint density at radius 2 is 1.78 bits per heavy atom. The van der Waals surface area contributed by atoms with Crippen molar-refractivity contribution in [2.24, 2.45) is 0 Å². The van der Waals surface area contributed by atoms with E-state index in [2.05, 4.69) is 0 Å². The predicted octanol–water partition coefficient (Wildman–Crippen LogP) is 0.333. The SMILES string of the molecule is CC1CN(S(=O)(=O)CCN2C(=O)c3ccccc3C2=O)CCO1. The van der Waals surface area contributed by atoms with Gasteiger partial charge in [-0.3, -0.25) is 14.5 Å². The first-order chi connectivity index (χ1) is 10.9. The highest BCUT2D eigenvalue weighted by atomic mass is 32.2. The first-order valence-electron chi connectivity index (χ1n) is 7.45. The lowest BCUT2D eigenvalue weighted by Crippen LogP contribution is -2.47. The highest BCUT2D eigenvalue weighted by Crippen LogP contribution is 2.22. The number of rotatable bonds is 4. The molecular formula is C15H18N2O5S. The molecular weight excluding hydrogens is 320 g/mol. The smallest absolute Gasteiger partial charge is 0.261 e. The fraction of sp³-hybridized carbons (Fsp3) is 0.467. The van der Waals surface area contributed by atoms with Crippen molar-refractivity contribution in [3.05, 3.63) is 35.4 Å². The van der Waals surface area contributed by atoms with Crippen LogP contribution in [0.5, 0.6) is 0 Å². The summed E-state index contributed by atoms with van der Waals surface area (Å²) in [5.74, 6) is -1.14. The number of sulfonamides is 1. The average Bonchev–Trinajstić information content (AvgIpc) is 2.77. The Balaban J connectivity index is 1.69. The van der Waals surface area contributed by atoms with Crippen molar-refractivity contribution in [3.8, 4) is 0 Å². The third-order valence-corrected chi connectivity index (χ3v) is 5.87. The first kappa shape index (κ1) is 16.1. The molecule has 1 aromatic carbocycles. The van der Waals surface area contributed by atoms with E-state index in [-0.39, 0.29) is 18.4 Å². The topological polar surface area (TPSA) is 84.0 Å². The fourth-order valence-corrected chi connectivity index (χ4v) is 4.28. The fourth-order valence-electron chi connectivity index (χ4n) is 2.82. The van der Waals surface area contributed by atoms with Gasteiger partial charge in [-0.05, 0) is 19.1 Å². The molecule has 0 aliphatic carbocycles. The molecule has 2 amide bonds. The van der Waals surface area contributed by atoms with Crippen molar-refractivity contribution in [1.29, 1.82) is 0 Å². The van der Waals surface area contributed by atoms with E-state index in [1.54, 1.807) is 24.3 Å². The molecule has 1 atom stereocenters. The third-order valence-electron chi connectivity index (χ3n) is 4.05. The second-order valence-electron chi connectivity index (χ2n) is 5.66. The molecule has 2 aliphatic heterocycles. The molecule has 0 radical (unpaired) electrons. The van der Waals surface area contributed by atoms with Crippen LogP contribution in [0.1, 0.15) is 27.6 Å². The normalized spacial score (nSPS) is 22.5. The number of imide groups is 1. The molecule has 0 aromatic heterocycles. The van der Waals surface area contributed by atoms with Crippen LogP contribution >= 0.6 is 0 Å². The minimum absolute atomic E-state index is 0.138. The maximum atomic E-state index is 12.4. The van der Waals surface area contributed by atoms with Crippen LogP contribution in [0, 0.1) is 0 Å². The van der Waals surface area contributed by atoms with E-state index in [9.17, 15) is 18.0 Å². The lowest BCUT2D eigenvalue weighted by molar-refractivity contribution is 0.0101. The highest BCUT2D eigenvalue weighted by Gasteiger charge is 2.36. The standard InChI is InChI=1S/C15H18N2O5S/c1-11-10-16(6-8-22-11)23(20,21)9-7-17-14(18)12-4-2-3-5-13(12)15(17)19/h2-5,11H,6-10H2,1H3. The van der Waals surface area contributed by atoms with Crippen LogP contribution in [0.25, 0.3) is 0 Å². The maximum absolute atomic E-state index is 12.4.